The van der Waals surface area contributed by atoms with E-state index in [0.29, 0.717) is 18.8 Å². The second-order valence-electron chi connectivity index (χ2n) is 6.40. The molecule has 1 atom stereocenters. The average molecular weight is 354 g/mol. The van der Waals surface area contributed by atoms with E-state index in [1.54, 1.807) is 17.0 Å². The number of sulfonamides is 1. The molecule has 1 amide bonds. The molecule has 0 spiro atoms. The summed E-state index contributed by atoms with van der Waals surface area (Å²) < 4.78 is 32.8. The summed E-state index contributed by atoms with van der Waals surface area (Å²) >= 11 is 0. The monoisotopic (exact) mass is 354 g/mol. The Morgan fingerprint density at radius 2 is 1.71 bits per heavy atom. The highest BCUT2D eigenvalue weighted by atomic mass is 32.2. The SMILES string of the molecule is COc1ccc(S(=O)(=O)N[C@@H](C(=O)N2CCCCC2)C(C)C)cc1. The fourth-order valence-electron chi connectivity index (χ4n) is 2.77. The van der Waals surface area contributed by atoms with E-state index in [1.165, 1.54) is 19.2 Å². The van der Waals surface area contributed by atoms with Crippen molar-refractivity contribution in [2.75, 3.05) is 20.2 Å². The second-order valence-corrected chi connectivity index (χ2v) is 8.12. The molecule has 1 saturated heterocycles. The summed E-state index contributed by atoms with van der Waals surface area (Å²) in [6, 6.07) is 5.38. The molecule has 0 saturated carbocycles. The zero-order chi connectivity index (χ0) is 17.7. The van der Waals surface area contributed by atoms with Gasteiger partial charge in [-0.1, -0.05) is 13.8 Å². The van der Waals surface area contributed by atoms with Crippen molar-refractivity contribution in [3.63, 3.8) is 0 Å². The van der Waals surface area contributed by atoms with Gasteiger partial charge in [-0.2, -0.15) is 4.72 Å². The van der Waals surface area contributed by atoms with Crippen LogP contribution in [0.15, 0.2) is 29.2 Å². The molecule has 0 aliphatic carbocycles. The van der Waals surface area contributed by atoms with Crippen LogP contribution in [-0.4, -0.2) is 45.5 Å². The molecule has 6 nitrogen and oxygen atoms in total. The first kappa shape index (κ1) is 18.7. The number of methoxy groups -OCH3 is 1. The maximum absolute atomic E-state index is 12.7. The number of hydrogen-bond acceptors (Lipinski definition) is 4. The van der Waals surface area contributed by atoms with Crippen molar-refractivity contribution in [3.8, 4) is 5.75 Å². The molecule has 0 radical (unpaired) electrons. The smallest absolute Gasteiger partial charge is 0.241 e. The lowest BCUT2D eigenvalue weighted by molar-refractivity contribution is -0.134. The lowest BCUT2D eigenvalue weighted by Crippen LogP contribution is -2.52. The lowest BCUT2D eigenvalue weighted by atomic mass is 10.0. The van der Waals surface area contributed by atoms with E-state index in [0.717, 1.165) is 19.3 Å². The molecule has 24 heavy (non-hydrogen) atoms. The summed E-state index contributed by atoms with van der Waals surface area (Å²) in [5.41, 5.74) is 0. The normalized spacial score (nSPS) is 16.9. The van der Waals surface area contributed by atoms with Gasteiger partial charge in [0, 0.05) is 13.1 Å². The van der Waals surface area contributed by atoms with Crippen LogP contribution in [0.4, 0.5) is 0 Å². The number of benzene rings is 1. The number of rotatable bonds is 6. The minimum absolute atomic E-state index is 0.125. The van der Waals surface area contributed by atoms with Crippen molar-refractivity contribution in [2.24, 2.45) is 5.92 Å². The topological polar surface area (TPSA) is 75.7 Å². The van der Waals surface area contributed by atoms with Crippen molar-refractivity contribution in [1.82, 2.24) is 9.62 Å². The number of piperidine rings is 1. The summed E-state index contributed by atoms with van der Waals surface area (Å²) in [5, 5.41) is 0. The molecule has 1 aromatic rings. The van der Waals surface area contributed by atoms with Crippen LogP contribution < -0.4 is 9.46 Å². The molecule has 1 aliphatic rings. The molecule has 134 valence electrons. The highest BCUT2D eigenvalue weighted by molar-refractivity contribution is 7.89. The molecule has 1 aliphatic heterocycles. The number of ether oxygens (including phenoxy) is 1. The van der Waals surface area contributed by atoms with Crippen LogP contribution in [0, 0.1) is 5.92 Å². The van der Waals surface area contributed by atoms with Gasteiger partial charge in [0.15, 0.2) is 0 Å². The van der Waals surface area contributed by atoms with Gasteiger partial charge in [0.1, 0.15) is 11.8 Å². The molecule has 1 aromatic carbocycles. The Hall–Kier alpha value is -1.60. The van der Waals surface area contributed by atoms with Gasteiger partial charge >= 0.3 is 0 Å². The molecular weight excluding hydrogens is 328 g/mol. The van der Waals surface area contributed by atoms with Crippen LogP contribution in [0.1, 0.15) is 33.1 Å². The standard InChI is InChI=1S/C17H26N2O4S/c1-13(2)16(17(20)19-11-5-4-6-12-19)18-24(21,22)15-9-7-14(23-3)8-10-15/h7-10,13,16,18H,4-6,11-12H2,1-3H3/t16-/m1/s1. The van der Waals surface area contributed by atoms with E-state index in [9.17, 15) is 13.2 Å². The summed E-state index contributed by atoms with van der Waals surface area (Å²) in [5.74, 6) is 0.313. The highest BCUT2D eigenvalue weighted by Gasteiger charge is 2.32. The third kappa shape index (κ3) is 4.48. The van der Waals surface area contributed by atoms with E-state index in [4.69, 9.17) is 4.74 Å². The van der Waals surface area contributed by atoms with Crippen molar-refractivity contribution in [1.29, 1.82) is 0 Å². The van der Waals surface area contributed by atoms with Crippen LogP contribution in [0.2, 0.25) is 0 Å². The quantitative estimate of drug-likeness (QED) is 0.848. The summed E-state index contributed by atoms with van der Waals surface area (Å²) in [4.78, 5) is 14.6. The van der Waals surface area contributed by atoms with Crippen molar-refractivity contribution in [2.45, 2.75) is 44.0 Å². The van der Waals surface area contributed by atoms with Crippen LogP contribution >= 0.6 is 0 Å². The Kier molecular flexibility index (Phi) is 6.23. The number of nitrogens with one attached hydrogen (secondary N) is 1. The number of hydrogen-bond donors (Lipinski definition) is 1. The Labute approximate surface area is 144 Å². The van der Waals surface area contributed by atoms with E-state index in [1.807, 2.05) is 13.8 Å². The van der Waals surface area contributed by atoms with Crippen LogP contribution in [-0.2, 0) is 14.8 Å². The van der Waals surface area contributed by atoms with E-state index in [-0.39, 0.29) is 16.7 Å². The number of amides is 1. The third-order valence-electron chi connectivity index (χ3n) is 4.25. The lowest BCUT2D eigenvalue weighted by Gasteiger charge is -2.32. The zero-order valence-corrected chi connectivity index (χ0v) is 15.3. The summed E-state index contributed by atoms with van der Waals surface area (Å²) in [6.45, 7) is 5.10. The molecule has 0 bridgehead atoms. The largest absolute Gasteiger partial charge is 0.497 e. The van der Waals surface area contributed by atoms with E-state index < -0.39 is 16.1 Å². The summed E-state index contributed by atoms with van der Waals surface area (Å²) in [6.07, 6.45) is 3.07. The molecule has 2 rings (SSSR count). The molecular formula is C17H26N2O4S. The molecule has 1 heterocycles. The van der Waals surface area contributed by atoms with E-state index >= 15 is 0 Å². The van der Waals surface area contributed by atoms with Crippen LogP contribution in [0.25, 0.3) is 0 Å². The predicted octanol–water partition coefficient (Wildman–Crippen LogP) is 2.01. The first-order chi connectivity index (χ1) is 11.3. The first-order valence-electron chi connectivity index (χ1n) is 8.30. The molecule has 0 aromatic heterocycles. The van der Waals surface area contributed by atoms with Gasteiger partial charge in [-0.15, -0.1) is 0 Å². The summed E-state index contributed by atoms with van der Waals surface area (Å²) in [7, 11) is -2.24. The average Bonchev–Trinajstić information content (AvgIpc) is 2.59. The number of nitrogens with zero attached hydrogens (tertiary/aromatic N) is 1. The van der Waals surface area contributed by atoms with Crippen LogP contribution in [0.3, 0.4) is 0 Å². The van der Waals surface area contributed by atoms with Gasteiger partial charge in [0.25, 0.3) is 0 Å². The van der Waals surface area contributed by atoms with Crippen molar-refractivity contribution in [3.05, 3.63) is 24.3 Å². The molecule has 0 unspecified atom stereocenters. The van der Waals surface area contributed by atoms with Gasteiger partial charge in [-0.05, 0) is 49.4 Å². The van der Waals surface area contributed by atoms with Gasteiger partial charge in [-0.3, -0.25) is 4.79 Å². The zero-order valence-electron chi connectivity index (χ0n) is 14.5. The maximum Gasteiger partial charge on any atom is 0.241 e. The Balaban J connectivity index is 2.17. The van der Waals surface area contributed by atoms with Crippen LogP contribution in [0.5, 0.6) is 5.75 Å². The fraction of sp³-hybridized carbons (Fsp3) is 0.588. The van der Waals surface area contributed by atoms with Crippen molar-refractivity contribution < 1.29 is 17.9 Å². The van der Waals surface area contributed by atoms with Gasteiger partial charge in [0.05, 0.1) is 12.0 Å². The number of carbonyl (C=O) groups is 1. The Morgan fingerprint density at radius 1 is 1.12 bits per heavy atom. The van der Waals surface area contributed by atoms with Gasteiger partial charge in [-0.25, -0.2) is 8.42 Å². The van der Waals surface area contributed by atoms with E-state index in [2.05, 4.69) is 4.72 Å². The highest BCUT2D eigenvalue weighted by Crippen LogP contribution is 2.18. The second kappa shape index (κ2) is 7.98. The van der Waals surface area contributed by atoms with Gasteiger partial charge < -0.3 is 9.64 Å². The van der Waals surface area contributed by atoms with Crippen molar-refractivity contribution >= 4 is 15.9 Å². The number of carbonyl (C=O) groups excluding carboxylic acids is 1. The molecule has 1 N–H and O–H groups in total. The number of likely N-dealkylation sites (tertiary alicyclic amines) is 1. The molecule has 7 heteroatoms. The predicted molar refractivity (Wildman–Crippen MR) is 92.4 cm³/mol. The molecule has 1 fully saturated rings. The van der Waals surface area contributed by atoms with Gasteiger partial charge in [0.2, 0.25) is 15.9 Å². The first-order valence-corrected chi connectivity index (χ1v) is 9.78. The third-order valence-corrected chi connectivity index (χ3v) is 5.71. The maximum atomic E-state index is 12.7. The minimum Gasteiger partial charge on any atom is -0.497 e. The Bertz CT molecular complexity index is 650. The Morgan fingerprint density at radius 3 is 2.21 bits per heavy atom. The fourth-order valence-corrected chi connectivity index (χ4v) is 4.11. The minimum atomic E-state index is -3.77.